The fourth-order valence-electron chi connectivity index (χ4n) is 2.81. The molecule has 1 heterocycles. The second-order valence-electron chi connectivity index (χ2n) is 6.85. The van der Waals surface area contributed by atoms with Crippen molar-refractivity contribution in [1.29, 1.82) is 0 Å². The number of hydrogen-bond acceptors (Lipinski definition) is 5. The summed E-state index contributed by atoms with van der Waals surface area (Å²) in [5.74, 6) is 0.314. The lowest BCUT2D eigenvalue weighted by Gasteiger charge is -2.12. The van der Waals surface area contributed by atoms with Crippen LogP contribution in [-0.2, 0) is 0 Å². The molecule has 1 N–H and O–H groups in total. The van der Waals surface area contributed by atoms with Crippen LogP contribution >= 0.6 is 0 Å². The summed E-state index contributed by atoms with van der Waals surface area (Å²) >= 11 is 0. The van der Waals surface area contributed by atoms with Crippen molar-refractivity contribution < 1.29 is 9.53 Å². The highest BCUT2D eigenvalue weighted by atomic mass is 16.5. The number of nitrogens with zero attached hydrogens (tertiary/aromatic N) is 3. The Bertz CT molecular complexity index is 1090. The topological polar surface area (TPSA) is 85.6 Å². The number of fused-ring (bicyclic) bond motifs is 1. The number of carbonyl (C=O) groups is 1. The zero-order valence-electron chi connectivity index (χ0n) is 16.8. The summed E-state index contributed by atoms with van der Waals surface area (Å²) in [4.78, 5) is 25.3. The van der Waals surface area contributed by atoms with E-state index in [9.17, 15) is 9.59 Å². The summed E-state index contributed by atoms with van der Waals surface area (Å²) in [7, 11) is 0. The first-order valence-electron chi connectivity index (χ1n) is 9.59. The summed E-state index contributed by atoms with van der Waals surface area (Å²) in [5.41, 5.74) is 3.25. The van der Waals surface area contributed by atoms with E-state index >= 15 is 0 Å². The van der Waals surface area contributed by atoms with Crippen LogP contribution in [0.3, 0.4) is 0 Å². The van der Waals surface area contributed by atoms with E-state index in [4.69, 9.17) is 4.74 Å². The maximum absolute atomic E-state index is 12.7. The molecule has 0 bridgehead atoms. The minimum absolute atomic E-state index is 0.161. The number of carbonyl (C=O) groups excluding carboxylic acids is 1. The number of hydrogen-bond donors (Lipinski definition) is 1. The van der Waals surface area contributed by atoms with E-state index < -0.39 is 5.91 Å². The molecule has 0 radical (unpaired) electrons. The van der Waals surface area contributed by atoms with Crippen molar-refractivity contribution >= 4 is 22.9 Å². The van der Waals surface area contributed by atoms with Crippen molar-refractivity contribution in [2.75, 3.05) is 6.61 Å². The Labute approximate surface area is 169 Å². The molecule has 1 amide bonds. The first kappa shape index (κ1) is 20.3. The van der Waals surface area contributed by atoms with Crippen LogP contribution in [0.5, 0.6) is 5.75 Å². The fraction of sp³-hybridized carbons (Fsp3) is 0.273. The fourth-order valence-corrected chi connectivity index (χ4v) is 2.81. The molecule has 7 nitrogen and oxygen atoms in total. The van der Waals surface area contributed by atoms with E-state index in [1.165, 1.54) is 4.68 Å². The second kappa shape index (κ2) is 9.14. The molecule has 0 saturated heterocycles. The van der Waals surface area contributed by atoms with E-state index in [0.29, 0.717) is 17.4 Å². The van der Waals surface area contributed by atoms with Crippen LogP contribution in [-0.4, -0.2) is 28.5 Å². The van der Waals surface area contributed by atoms with Gasteiger partial charge in [-0.05, 0) is 56.2 Å². The van der Waals surface area contributed by atoms with Gasteiger partial charge in [0.25, 0.3) is 11.5 Å². The Morgan fingerprint density at radius 1 is 1.17 bits per heavy atom. The van der Waals surface area contributed by atoms with Crippen LogP contribution in [0, 0.1) is 0 Å². The minimum atomic E-state index is -0.477. The molecule has 1 aromatic heterocycles. The highest BCUT2D eigenvalue weighted by molar-refractivity contribution is 6.04. The van der Waals surface area contributed by atoms with Gasteiger partial charge in [0, 0.05) is 5.39 Å². The van der Waals surface area contributed by atoms with E-state index in [0.717, 1.165) is 17.7 Å². The average Bonchev–Trinajstić information content (AvgIpc) is 2.73. The summed E-state index contributed by atoms with van der Waals surface area (Å²) < 4.78 is 6.86. The van der Waals surface area contributed by atoms with Crippen LogP contribution < -0.4 is 15.7 Å². The molecule has 150 valence electrons. The molecular weight excluding hydrogens is 368 g/mol. The summed E-state index contributed by atoms with van der Waals surface area (Å²) in [6.45, 7) is 6.41. The van der Waals surface area contributed by atoms with Crippen LogP contribution in [0.2, 0.25) is 0 Å². The standard InChI is InChI=1S/C22H24N4O3/c1-4-13-29-17-11-9-16(10-12-17)14-23-24-21(27)20-18-7-5-6-8-19(18)22(28)26(25-20)15(2)3/h5-12,14-15H,4,13H2,1-3H3,(H,24,27)/b23-14-. The molecule has 3 rings (SSSR count). The lowest BCUT2D eigenvalue weighted by atomic mass is 10.1. The van der Waals surface area contributed by atoms with Gasteiger partial charge in [0.15, 0.2) is 5.69 Å². The number of rotatable bonds is 7. The Hall–Kier alpha value is -3.48. The second-order valence-corrected chi connectivity index (χ2v) is 6.85. The summed E-state index contributed by atoms with van der Waals surface area (Å²) in [5, 5.41) is 9.24. The molecule has 29 heavy (non-hydrogen) atoms. The van der Waals surface area contributed by atoms with Gasteiger partial charge in [0.1, 0.15) is 5.75 Å². The highest BCUT2D eigenvalue weighted by Gasteiger charge is 2.17. The first-order valence-corrected chi connectivity index (χ1v) is 9.59. The molecule has 2 aromatic carbocycles. The molecule has 0 atom stereocenters. The van der Waals surface area contributed by atoms with Crippen molar-refractivity contribution in [3.05, 3.63) is 70.1 Å². The van der Waals surface area contributed by atoms with Crippen molar-refractivity contribution in [2.45, 2.75) is 33.2 Å². The van der Waals surface area contributed by atoms with E-state index in [1.807, 2.05) is 38.1 Å². The molecule has 0 fully saturated rings. The van der Waals surface area contributed by atoms with Crippen LogP contribution in [0.15, 0.2) is 58.4 Å². The van der Waals surface area contributed by atoms with Gasteiger partial charge in [-0.25, -0.2) is 10.1 Å². The van der Waals surface area contributed by atoms with Gasteiger partial charge in [-0.1, -0.05) is 25.1 Å². The average molecular weight is 392 g/mol. The lowest BCUT2D eigenvalue weighted by molar-refractivity contribution is 0.0949. The predicted octanol–water partition coefficient (Wildman–Crippen LogP) is 3.53. The number of aromatic nitrogens is 2. The number of hydrazone groups is 1. The third kappa shape index (κ3) is 4.68. The highest BCUT2D eigenvalue weighted by Crippen LogP contribution is 2.15. The third-order valence-corrected chi connectivity index (χ3v) is 4.27. The maximum atomic E-state index is 12.7. The van der Waals surface area contributed by atoms with Gasteiger partial charge < -0.3 is 4.74 Å². The lowest BCUT2D eigenvalue weighted by Crippen LogP contribution is -2.30. The summed E-state index contributed by atoms with van der Waals surface area (Å²) in [6.07, 6.45) is 2.49. The van der Waals surface area contributed by atoms with E-state index in [2.05, 4.69) is 22.5 Å². The van der Waals surface area contributed by atoms with Crippen molar-refractivity contribution in [2.24, 2.45) is 5.10 Å². The number of nitrogens with one attached hydrogen (secondary N) is 1. The van der Waals surface area contributed by atoms with Gasteiger partial charge in [-0.15, -0.1) is 0 Å². The van der Waals surface area contributed by atoms with E-state index in [1.54, 1.807) is 30.5 Å². The van der Waals surface area contributed by atoms with Gasteiger partial charge in [-0.2, -0.15) is 10.2 Å². The first-order chi connectivity index (χ1) is 14.0. The van der Waals surface area contributed by atoms with Crippen LogP contribution in [0.25, 0.3) is 10.8 Å². The Morgan fingerprint density at radius 3 is 2.52 bits per heavy atom. The van der Waals surface area contributed by atoms with Gasteiger partial charge in [0.05, 0.1) is 24.2 Å². The van der Waals surface area contributed by atoms with Crippen molar-refractivity contribution in [3.63, 3.8) is 0 Å². The van der Waals surface area contributed by atoms with Crippen LogP contribution in [0.4, 0.5) is 0 Å². The Kier molecular flexibility index (Phi) is 6.39. The molecule has 0 aliphatic rings. The number of ether oxygens (including phenoxy) is 1. The quantitative estimate of drug-likeness (QED) is 0.492. The molecule has 3 aromatic rings. The van der Waals surface area contributed by atoms with Gasteiger partial charge in [0.2, 0.25) is 0 Å². The van der Waals surface area contributed by atoms with Crippen molar-refractivity contribution in [3.8, 4) is 5.75 Å². The molecule has 7 heteroatoms. The maximum Gasteiger partial charge on any atom is 0.292 e. The van der Waals surface area contributed by atoms with Crippen molar-refractivity contribution in [1.82, 2.24) is 15.2 Å². The van der Waals surface area contributed by atoms with Gasteiger partial charge in [-0.3, -0.25) is 9.59 Å². The minimum Gasteiger partial charge on any atom is -0.494 e. The molecule has 0 aliphatic carbocycles. The monoisotopic (exact) mass is 392 g/mol. The zero-order chi connectivity index (χ0) is 20.8. The smallest absolute Gasteiger partial charge is 0.292 e. The molecule has 0 spiro atoms. The van der Waals surface area contributed by atoms with Crippen LogP contribution in [0.1, 0.15) is 49.3 Å². The third-order valence-electron chi connectivity index (χ3n) is 4.27. The number of benzene rings is 2. The summed E-state index contributed by atoms with van der Waals surface area (Å²) in [6, 6.07) is 14.2. The van der Waals surface area contributed by atoms with E-state index in [-0.39, 0.29) is 17.3 Å². The molecule has 0 unspecified atom stereocenters. The largest absolute Gasteiger partial charge is 0.494 e. The molecule has 0 aliphatic heterocycles. The molecule has 0 saturated carbocycles. The zero-order valence-corrected chi connectivity index (χ0v) is 16.8. The normalized spacial score (nSPS) is 11.3. The number of amides is 1. The van der Waals surface area contributed by atoms with Gasteiger partial charge >= 0.3 is 0 Å². The molecular formula is C22H24N4O3. The predicted molar refractivity (Wildman–Crippen MR) is 114 cm³/mol. The SMILES string of the molecule is CCCOc1ccc(/C=N\NC(=O)c2nn(C(C)C)c(=O)c3ccccc23)cc1. The Morgan fingerprint density at radius 2 is 1.86 bits per heavy atom. The Balaban J connectivity index is 1.80.